The molecule has 0 aliphatic carbocycles. The molecule has 3 atom stereocenters. The highest BCUT2D eigenvalue weighted by Gasteiger charge is 2.41. The summed E-state index contributed by atoms with van der Waals surface area (Å²) in [5.41, 5.74) is 4.99. The average Bonchev–Trinajstić information content (AvgIpc) is 3.17. The van der Waals surface area contributed by atoms with Gasteiger partial charge < -0.3 is 15.0 Å². The molecule has 5 rings (SSSR count). The fourth-order valence-corrected chi connectivity index (χ4v) is 6.18. The van der Waals surface area contributed by atoms with Crippen LogP contribution in [0.2, 0.25) is 0 Å². The Bertz CT molecular complexity index is 1200. The predicted molar refractivity (Wildman–Crippen MR) is 154 cm³/mol. The van der Waals surface area contributed by atoms with Gasteiger partial charge in [0.15, 0.2) is 6.29 Å². The highest BCUT2D eigenvalue weighted by atomic mass is 16.5. The zero-order chi connectivity index (χ0) is 27.7. The van der Waals surface area contributed by atoms with Crippen molar-refractivity contribution < 1.29 is 14.3 Å². The normalized spacial score (nSPS) is 25.5. The van der Waals surface area contributed by atoms with Crippen LogP contribution in [-0.4, -0.2) is 97.6 Å². The number of aldehydes is 1. The van der Waals surface area contributed by atoms with Gasteiger partial charge in [-0.1, -0.05) is 43.7 Å². The molecule has 39 heavy (non-hydrogen) atoms. The molecule has 0 bridgehead atoms. The first kappa shape index (κ1) is 27.9. The molecule has 2 fully saturated rings. The minimum absolute atomic E-state index is 0.0953. The van der Waals surface area contributed by atoms with Crippen LogP contribution in [-0.2, 0) is 21.4 Å². The Labute approximate surface area is 232 Å². The van der Waals surface area contributed by atoms with Crippen molar-refractivity contribution in [3.05, 3.63) is 58.4 Å². The molecule has 0 spiro atoms. The summed E-state index contributed by atoms with van der Waals surface area (Å²) in [5, 5.41) is 3.62. The average molecular weight is 534 g/mol. The van der Waals surface area contributed by atoms with Crippen LogP contribution in [0.3, 0.4) is 0 Å². The van der Waals surface area contributed by atoms with Crippen LogP contribution in [0.1, 0.15) is 60.6 Å². The van der Waals surface area contributed by atoms with E-state index in [0.717, 1.165) is 68.2 Å². The summed E-state index contributed by atoms with van der Waals surface area (Å²) < 4.78 is 5.64. The lowest BCUT2D eigenvalue weighted by Crippen LogP contribution is -2.62. The fourth-order valence-electron chi connectivity index (χ4n) is 6.18. The highest BCUT2D eigenvalue weighted by Crippen LogP contribution is 2.40. The van der Waals surface area contributed by atoms with Crippen LogP contribution in [0, 0.1) is 6.92 Å². The molecule has 1 aromatic heterocycles. The van der Waals surface area contributed by atoms with Gasteiger partial charge in [-0.25, -0.2) is 4.98 Å². The van der Waals surface area contributed by atoms with E-state index in [1.165, 1.54) is 5.56 Å². The van der Waals surface area contributed by atoms with E-state index in [4.69, 9.17) is 9.72 Å². The number of carbonyl (C=O) groups excluding carboxylic acids is 2. The van der Waals surface area contributed by atoms with Crippen LogP contribution < -0.4 is 10.2 Å². The number of aryl methyl sites for hydroxylation is 1. The number of fused-ring (bicyclic) bond motifs is 1. The summed E-state index contributed by atoms with van der Waals surface area (Å²) in [7, 11) is 0. The van der Waals surface area contributed by atoms with Crippen molar-refractivity contribution in [2.45, 2.75) is 64.6 Å². The fraction of sp³-hybridized carbons (Fsp3) is 0.581. The Morgan fingerprint density at radius 3 is 2.69 bits per heavy atom. The number of ether oxygens (including phenoxy) is 1. The molecular weight excluding hydrogens is 490 g/mol. The minimum atomic E-state index is -0.329. The van der Waals surface area contributed by atoms with Gasteiger partial charge in [-0.15, -0.1) is 0 Å². The Kier molecular flexibility index (Phi) is 8.19. The van der Waals surface area contributed by atoms with Crippen molar-refractivity contribution in [3.8, 4) is 0 Å². The summed E-state index contributed by atoms with van der Waals surface area (Å²) in [6.45, 7) is 16.7. The van der Waals surface area contributed by atoms with Crippen LogP contribution in [0.4, 0.5) is 5.69 Å². The molecule has 3 aliphatic rings. The van der Waals surface area contributed by atoms with Crippen molar-refractivity contribution in [2.24, 2.45) is 0 Å². The topological polar surface area (TPSA) is 78.0 Å². The van der Waals surface area contributed by atoms with Gasteiger partial charge in [0.1, 0.15) is 5.69 Å². The first-order chi connectivity index (χ1) is 18.6. The first-order valence-corrected chi connectivity index (χ1v) is 14.3. The van der Waals surface area contributed by atoms with Gasteiger partial charge in [-0.3, -0.25) is 19.4 Å². The number of nitrogens with zero attached hydrogens (tertiary/aromatic N) is 4. The smallest absolute Gasteiger partial charge is 0.241 e. The van der Waals surface area contributed by atoms with E-state index in [1.54, 1.807) is 0 Å². The third-order valence-electron chi connectivity index (χ3n) is 8.54. The molecule has 3 aliphatic heterocycles. The second-order valence-electron chi connectivity index (χ2n) is 12.4. The summed E-state index contributed by atoms with van der Waals surface area (Å²) in [6.07, 6.45) is 1.45. The maximum Gasteiger partial charge on any atom is 0.241 e. The lowest BCUT2D eigenvalue weighted by Gasteiger charge is -2.43. The minimum Gasteiger partial charge on any atom is -0.379 e. The summed E-state index contributed by atoms with van der Waals surface area (Å²) in [6, 6.07) is 11.3. The third-order valence-corrected chi connectivity index (χ3v) is 8.54. The Balaban J connectivity index is 1.38. The molecule has 4 heterocycles. The Hall–Kier alpha value is -2.65. The number of hydrogen-bond donors (Lipinski definition) is 1. The molecule has 0 unspecified atom stereocenters. The zero-order valence-corrected chi connectivity index (χ0v) is 24.1. The van der Waals surface area contributed by atoms with Gasteiger partial charge in [-0.05, 0) is 44.4 Å². The van der Waals surface area contributed by atoms with E-state index in [1.807, 2.05) is 11.0 Å². The number of carbonyl (C=O) groups is 2. The maximum atomic E-state index is 14.0. The molecular formula is C31H43N5O3. The predicted octanol–water partition coefficient (Wildman–Crippen LogP) is 2.80. The van der Waals surface area contributed by atoms with Gasteiger partial charge in [0.25, 0.3) is 0 Å². The van der Waals surface area contributed by atoms with Crippen LogP contribution >= 0.6 is 0 Å². The second-order valence-corrected chi connectivity index (χ2v) is 12.4. The standard InChI is InChI=1S/C31H43N5O3/c1-21-6-8-24(9-7-21)12-25-13-28-30(33-27(25)18-37)31(4,5)20-36(28)29(38)17-35-15-22(2)32-14-26(35)16-34-10-11-39-19-23(34)3/h6-9,13,18,22-23,26,32H,10-12,14-17,19-20H2,1-5H3/t22-,23-,26-/m1/s1. The highest BCUT2D eigenvalue weighted by molar-refractivity contribution is 5.97. The van der Waals surface area contributed by atoms with Crippen molar-refractivity contribution in [1.82, 2.24) is 20.1 Å². The van der Waals surface area contributed by atoms with E-state index in [-0.39, 0.29) is 17.4 Å². The number of benzene rings is 1. The van der Waals surface area contributed by atoms with E-state index in [2.05, 4.69) is 74.0 Å². The molecule has 1 amide bonds. The number of pyridine rings is 1. The Morgan fingerprint density at radius 1 is 1.21 bits per heavy atom. The molecule has 0 saturated carbocycles. The van der Waals surface area contributed by atoms with E-state index in [9.17, 15) is 9.59 Å². The molecule has 0 radical (unpaired) electrons. The Morgan fingerprint density at radius 2 is 1.97 bits per heavy atom. The van der Waals surface area contributed by atoms with Crippen molar-refractivity contribution in [2.75, 3.05) is 57.4 Å². The van der Waals surface area contributed by atoms with Gasteiger partial charge in [0, 0.05) is 56.3 Å². The number of hydrogen-bond acceptors (Lipinski definition) is 7. The van der Waals surface area contributed by atoms with Crippen LogP contribution in [0.25, 0.3) is 0 Å². The molecule has 8 nitrogen and oxygen atoms in total. The monoisotopic (exact) mass is 533 g/mol. The van der Waals surface area contributed by atoms with Gasteiger partial charge >= 0.3 is 0 Å². The number of piperazine rings is 1. The van der Waals surface area contributed by atoms with E-state index in [0.29, 0.717) is 37.3 Å². The number of rotatable bonds is 7. The lowest BCUT2D eigenvalue weighted by molar-refractivity contribution is -0.121. The van der Waals surface area contributed by atoms with Gasteiger partial charge in [0.2, 0.25) is 5.91 Å². The van der Waals surface area contributed by atoms with Crippen LogP contribution in [0.5, 0.6) is 0 Å². The van der Waals surface area contributed by atoms with Crippen molar-refractivity contribution in [3.63, 3.8) is 0 Å². The van der Waals surface area contributed by atoms with Gasteiger partial charge in [0.05, 0.1) is 31.1 Å². The van der Waals surface area contributed by atoms with E-state index < -0.39 is 0 Å². The molecule has 1 aromatic carbocycles. The molecule has 2 saturated heterocycles. The molecule has 2 aromatic rings. The third kappa shape index (κ3) is 6.09. The van der Waals surface area contributed by atoms with Crippen molar-refractivity contribution >= 4 is 17.9 Å². The van der Waals surface area contributed by atoms with Crippen molar-refractivity contribution in [1.29, 1.82) is 0 Å². The number of nitrogens with one attached hydrogen (secondary N) is 1. The number of morpholine rings is 1. The summed E-state index contributed by atoms with van der Waals surface area (Å²) in [4.78, 5) is 37.6. The van der Waals surface area contributed by atoms with E-state index >= 15 is 0 Å². The summed E-state index contributed by atoms with van der Waals surface area (Å²) >= 11 is 0. The zero-order valence-electron chi connectivity index (χ0n) is 24.1. The number of amides is 1. The number of anilines is 1. The quantitative estimate of drug-likeness (QED) is 0.549. The first-order valence-electron chi connectivity index (χ1n) is 14.3. The molecule has 1 N–H and O–H groups in total. The SMILES string of the molecule is Cc1ccc(Cc2cc3c(nc2C=O)C(C)(C)CN3C(=O)CN2C[C@@H](C)NC[C@@H]2CN2CCOC[C@H]2C)cc1. The molecule has 8 heteroatoms. The lowest BCUT2D eigenvalue weighted by atomic mass is 9.90. The second kappa shape index (κ2) is 11.5. The number of aromatic nitrogens is 1. The maximum absolute atomic E-state index is 14.0. The molecule has 210 valence electrons. The largest absolute Gasteiger partial charge is 0.379 e. The van der Waals surface area contributed by atoms with Crippen LogP contribution in [0.15, 0.2) is 30.3 Å². The summed E-state index contributed by atoms with van der Waals surface area (Å²) in [5.74, 6) is 0.0953. The van der Waals surface area contributed by atoms with Gasteiger partial charge in [-0.2, -0.15) is 0 Å².